The van der Waals surface area contributed by atoms with Crippen molar-refractivity contribution in [3.8, 4) is 0 Å². The maximum absolute atomic E-state index is 4.72. The van der Waals surface area contributed by atoms with Crippen molar-refractivity contribution in [3.05, 3.63) is 12.2 Å². The van der Waals surface area contributed by atoms with Crippen molar-refractivity contribution in [1.82, 2.24) is 25.0 Å². The lowest BCUT2D eigenvalue weighted by atomic mass is 9.97. The quantitative estimate of drug-likeness (QED) is 0.451. The van der Waals surface area contributed by atoms with E-state index in [0.717, 1.165) is 43.3 Å². The molecule has 1 unspecified atom stereocenters. The molecule has 0 aromatic carbocycles. The first-order chi connectivity index (χ1) is 10.1. The van der Waals surface area contributed by atoms with Gasteiger partial charge in [0.25, 0.3) is 0 Å². The molecule has 1 fully saturated rings. The number of hydrogen-bond donors (Lipinski definition) is 1. The van der Waals surface area contributed by atoms with E-state index in [4.69, 9.17) is 4.99 Å². The molecule has 1 atom stereocenters. The first-order valence-electron chi connectivity index (χ1n) is 7.96. The molecule has 0 radical (unpaired) electrons. The first kappa shape index (κ1) is 19.2. The van der Waals surface area contributed by atoms with E-state index >= 15 is 0 Å². The number of nitrogens with one attached hydrogen (secondary N) is 1. The topological polar surface area (TPSA) is 58.3 Å². The Morgan fingerprint density at radius 1 is 1.50 bits per heavy atom. The summed E-state index contributed by atoms with van der Waals surface area (Å²) in [5.41, 5.74) is 0. The lowest BCUT2D eigenvalue weighted by molar-refractivity contribution is 0.403. The Kier molecular flexibility index (Phi) is 8.13. The van der Waals surface area contributed by atoms with Gasteiger partial charge in [-0.2, -0.15) is 5.10 Å². The summed E-state index contributed by atoms with van der Waals surface area (Å²) in [4.78, 5) is 11.3. The van der Waals surface area contributed by atoms with Crippen LogP contribution in [0.1, 0.15) is 39.4 Å². The van der Waals surface area contributed by atoms with Crippen LogP contribution in [0.4, 0.5) is 0 Å². The van der Waals surface area contributed by atoms with Crippen LogP contribution in [0.15, 0.2) is 11.3 Å². The highest BCUT2D eigenvalue weighted by Crippen LogP contribution is 2.23. The predicted octanol–water partition coefficient (Wildman–Crippen LogP) is 2.27. The molecule has 22 heavy (non-hydrogen) atoms. The highest BCUT2D eigenvalue weighted by atomic mass is 127. The Morgan fingerprint density at radius 3 is 2.86 bits per heavy atom. The van der Waals surface area contributed by atoms with Gasteiger partial charge in [0, 0.05) is 26.7 Å². The van der Waals surface area contributed by atoms with Crippen LogP contribution < -0.4 is 5.32 Å². The van der Waals surface area contributed by atoms with Crippen molar-refractivity contribution in [1.29, 1.82) is 0 Å². The highest BCUT2D eigenvalue weighted by molar-refractivity contribution is 14.0. The van der Waals surface area contributed by atoms with Crippen LogP contribution in [0.3, 0.4) is 0 Å². The third-order valence-electron chi connectivity index (χ3n) is 3.90. The number of nitrogens with zero attached hydrogens (tertiary/aromatic N) is 5. The molecular weight excluding hydrogens is 391 g/mol. The molecule has 2 rings (SSSR count). The minimum Gasteiger partial charge on any atom is -0.357 e. The number of rotatable bonds is 5. The minimum absolute atomic E-state index is 0. The zero-order chi connectivity index (χ0) is 15.2. The Labute approximate surface area is 150 Å². The Hall–Kier alpha value is -0.860. The summed E-state index contributed by atoms with van der Waals surface area (Å²) >= 11 is 0. The molecular formula is C15H29IN6. The van der Waals surface area contributed by atoms with Crippen molar-refractivity contribution in [2.24, 2.45) is 23.9 Å². The van der Waals surface area contributed by atoms with Gasteiger partial charge in [-0.1, -0.05) is 13.8 Å². The number of likely N-dealkylation sites (tertiary alicyclic amines) is 1. The summed E-state index contributed by atoms with van der Waals surface area (Å²) < 4.78 is 1.78. The second kappa shape index (κ2) is 9.32. The molecule has 1 aromatic rings. The van der Waals surface area contributed by atoms with Crippen molar-refractivity contribution in [2.45, 2.75) is 40.2 Å². The van der Waals surface area contributed by atoms with Gasteiger partial charge in [0.2, 0.25) is 0 Å². The SMILES string of the molecule is CCNC(=NCc1ncnn1C)N1CCC(CC(C)C)C1.I. The molecule has 1 N–H and O–H groups in total. The Morgan fingerprint density at radius 2 is 2.27 bits per heavy atom. The van der Waals surface area contributed by atoms with Crippen molar-refractivity contribution in [3.63, 3.8) is 0 Å². The predicted molar refractivity (Wildman–Crippen MR) is 100 cm³/mol. The van der Waals surface area contributed by atoms with Crippen LogP contribution in [0.5, 0.6) is 0 Å². The average molecular weight is 420 g/mol. The third-order valence-corrected chi connectivity index (χ3v) is 3.90. The molecule has 6 nitrogen and oxygen atoms in total. The van der Waals surface area contributed by atoms with E-state index in [-0.39, 0.29) is 24.0 Å². The largest absolute Gasteiger partial charge is 0.357 e. The molecule has 0 saturated carbocycles. The maximum Gasteiger partial charge on any atom is 0.194 e. The number of aromatic nitrogens is 3. The number of aryl methyl sites for hydroxylation is 1. The van der Waals surface area contributed by atoms with Crippen LogP contribution >= 0.6 is 24.0 Å². The van der Waals surface area contributed by atoms with Gasteiger partial charge in [0.05, 0.1) is 0 Å². The number of halogens is 1. The smallest absolute Gasteiger partial charge is 0.194 e. The standard InChI is InChI=1S/C15H28N6.HI/c1-5-16-15(17-9-14-18-11-19-20(14)4)21-7-6-13(10-21)8-12(2)3;/h11-13H,5-10H2,1-4H3,(H,16,17);1H. The molecule has 126 valence electrons. The van der Waals surface area contributed by atoms with E-state index in [9.17, 15) is 0 Å². The van der Waals surface area contributed by atoms with E-state index in [1.165, 1.54) is 12.8 Å². The molecule has 0 amide bonds. The van der Waals surface area contributed by atoms with E-state index in [1.807, 2.05) is 7.05 Å². The first-order valence-corrected chi connectivity index (χ1v) is 7.96. The number of aliphatic imine (C=N–C) groups is 1. The fourth-order valence-electron chi connectivity index (χ4n) is 2.92. The van der Waals surface area contributed by atoms with Crippen LogP contribution in [-0.2, 0) is 13.6 Å². The van der Waals surface area contributed by atoms with E-state index in [0.29, 0.717) is 6.54 Å². The lowest BCUT2D eigenvalue weighted by Gasteiger charge is -2.22. The summed E-state index contributed by atoms with van der Waals surface area (Å²) in [6.07, 6.45) is 4.15. The fourth-order valence-corrected chi connectivity index (χ4v) is 2.92. The van der Waals surface area contributed by atoms with Gasteiger partial charge < -0.3 is 10.2 Å². The van der Waals surface area contributed by atoms with Gasteiger partial charge in [-0.25, -0.2) is 9.98 Å². The highest BCUT2D eigenvalue weighted by Gasteiger charge is 2.25. The molecule has 0 bridgehead atoms. The van der Waals surface area contributed by atoms with Gasteiger partial charge >= 0.3 is 0 Å². The zero-order valence-corrected chi connectivity index (χ0v) is 16.4. The van der Waals surface area contributed by atoms with Gasteiger partial charge in [-0.05, 0) is 31.6 Å². The molecule has 0 aliphatic carbocycles. The van der Waals surface area contributed by atoms with Crippen molar-refractivity contribution < 1.29 is 0 Å². The van der Waals surface area contributed by atoms with Gasteiger partial charge in [0.1, 0.15) is 18.7 Å². The van der Waals surface area contributed by atoms with Crippen LogP contribution in [0, 0.1) is 11.8 Å². The molecule has 1 aliphatic heterocycles. The molecule has 2 heterocycles. The Balaban J connectivity index is 0.00000242. The molecule has 1 aromatic heterocycles. The lowest BCUT2D eigenvalue weighted by Crippen LogP contribution is -2.40. The second-order valence-corrected chi connectivity index (χ2v) is 6.20. The molecule has 1 saturated heterocycles. The zero-order valence-electron chi connectivity index (χ0n) is 14.1. The summed E-state index contributed by atoms with van der Waals surface area (Å²) in [5.74, 6) is 3.46. The Bertz CT molecular complexity index is 470. The fraction of sp³-hybridized carbons (Fsp3) is 0.800. The van der Waals surface area contributed by atoms with Crippen molar-refractivity contribution in [2.75, 3.05) is 19.6 Å². The normalized spacial score (nSPS) is 18.7. The van der Waals surface area contributed by atoms with Gasteiger partial charge in [-0.15, -0.1) is 24.0 Å². The van der Waals surface area contributed by atoms with E-state index in [1.54, 1.807) is 11.0 Å². The molecule has 7 heteroatoms. The monoisotopic (exact) mass is 420 g/mol. The van der Waals surface area contributed by atoms with Crippen LogP contribution in [0.25, 0.3) is 0 Å². The summed E-state index contributed by atoms with van der Waals surface area (Å²) in [6.45, 7) is 10.4. The third kappa shape index (κ3) is 5.40. The number of guanidine groups is 1. The summed E-state index contributed by atoms with van der Waals surface area (Å²) in [7, 11) is 1.90. The average Bonchev–Trinajstić information content (AvgIpc) is 3.03. The van der Waals surface area contributed by atoms with E-state index < -0.39 is 0 Å². The summed E-state index contributed by atoms with van der Waals surface area (Å²) in [6, 6.07) is 0. The van der Waals surface area contributed by atoms with E-state index in [2.05, 4.69) is 41.1 Å². The van der Waals surface area contributed by atoms with Gasteiger partial charge in [-0.3, -0.25) is 4.68 Å². The molecule has 0 spiro atoms. The van der Waals surface area contributed by atoms with Crippen LogP contribution in [0.2, 0.25) is 0 Å². The minimum atomic E-state index is 0. The summed E-state index contributed by atoms with van der Waals surface area (Å²) in [5, 5.41) is 7.48. The van der Waals surface area contributed by atoms with Crippen LogP contribution in [-0.4, -0.2) is 45.3 Å². The second-order valence-electron chi connectivity index (χ2n) is 6.20. The maximum atomic E-state index is 4.72. The number of hydrogen-bond acceptors (Lipinski definition) is 3. The van der Waals surface area contributed by atoms with Crippen molar-refractivity contribution >= 4 is 29.9 Å². The molecule has 1 aliphatic rings. The van der Waals surface area contributed by atoms with Gasteiger partial charge in [0.15, 0.2) is 5.96 Å².